The summed E-state index contributed by atoms with van der Waals surface area (Å²) in [5.74, 6) is 0. The predicted molar refractivity (Wildman–Crippen MR) is 65.7 cm³/mol. The predicted octanol–water partition coefficient (Wildman–Crippen LogP) is 1.81. The Morgan fingerprint density at radius 2 is 1.87 bits per heavy atom. The van der Waals surface area contributed by atoms with E-state index in [0.29, 0.717) is 13.2 Å². The van der Waals surface area contributed by atoms with E-state index < -0.39 is 10.0 Å². The number of ether oxygens (including phenoxy) is 1. The maximum absolute atomic E-state index is 11.8. The molecule has 92 valence electrons. The molecule has 6 heteroatoms. The SMILES string of the molecule is CCC(CC)N(CCOC)S(=O)(=O)CBr. The molecular formula is C9H20BrNO3S. The quantitative estimate of drug-likeness (QED) is 0.642. The van der Waals surface area contributed by atoms with Crippen LogP contribution in [-0.4, -0.2) is 43.7 Å². The summed E-state index contributed by atoms with van der Waals surface area (Å²) >= 11 is 3.02. The highest BCUT2D eigenvalue weighted by atomic mass is 79.9. The molecule has 0 aliphatic carbocycles. The second-order valence-corrected chi connectivity index (χ2v) is 6.52. The Morgan fingerprint density at radius 1 is 1.33 bits per heavy atom. The van der Waals surface area contributed by atoms with Gasteiger partial charge in [-0.2, -0.15) is 4.31 Å². The monoisotopic (exact) mass is 301 g/mol. The molecule has 0 unspecified atom stereocenters. The molecule has 4 nitrogen and oxygen atoms in total. The van der Waals surface area contributed by atoms with E-state index in [9.17, 15) is 8.42 Å². The van der Waals surface area contributed by atoms with Gasteiger partial charge in [0.05, 0.1) is 6.61 Å². The second kappa shape index (κ2) is 7.60. The number of nitrogens with zero attached hydrogens (tertiary/aromatic N) is 1. The molecule has 15 heavy (non-hydrogen) atoms. The van der Waals surface area contributed by atoms with E-state index in [1.165, 1.54) is 4.31 Å². The van der Waals surface area contributed by atoms with Gasteiger partial charge in [0.1, 0.15) is 4.66 Å². The fourth-order valence-electron chi connectivity index (χ4n) is 1.49. The molecule has 0 heterocycles. The van der Waals surface area contributed by atoms with Crippen molar-refractivity contribution < 1.29 is 13.2 Å². The van der Waals surface area contributed by atoms with E-state index in [0.717, 1.165) is 12.8 Å². The molecule has 0 saturated carbocycles. The minimum Gasteiger partial charge on any atom is -0.383 e. The number of halogens is 1. The van der Waals surface area contributed by atoms with Crippen LogP contribution >= 0.6 is 15.9 Å². The van der Waals surface area contributed by atoms with Crippen molar-refractivity contribution in [3.8, 4) is 0 Å². The number of methoxy groups -OCH3 is 1. The van der Waals surface area contributed by atoms with Crippen LogP contribution in [0.15, 0.2) is 0 Å². The number of hydrogen-bond donors (Lipinski definition) is 0. The first-order chi connectivity index (χ1) is 7.03. The maximum Gasteiger partial charge on any atom is 0.224 e. The highest BCUT2D eigenvalue weighted by molar-refractivity contribution is 9.10. The van der Waals surface area contributed by atoms with Gasteiger partial charge in [0.25, 0.3) is 0 Å². The first kappa shape index (κ1) is 15.3. The van der Waals surface area contributed by atoms with Crippen molar-refractivity contribution in [1.29, 1.82) is 0 Å². The van der Waals surface area contributed by atoms with E-state index in [1.54, 1.807) is 7.11 Å². The minimum atomic E-state index is -3.19. The average molecular weight is 302 g/mol. The molecule has 0 aromatic rings. The van der Waals surface area contributed by atoms with Crippen molar-refractivity contribution >= 4 is 26.0 Å². The number of rotatable bonds is 8. The van der Waals surface area contributed by atoms with Gasteiger partial charge in [-0.05, 0) is 12.8 Å². The first-order valence-electron chi connectivity index (χ1n) is 5.07. The Hall–Kier alpha value is 0.350. The molecule has 0 saturated heterocycles. The molecule has 0 bridgehead atoms. The molecule has 0 aromatic carbocycles. The molecule has 0 aliphatic rings. The Kier molecular flexibility index (Phi) is 7.77. The molecule has 0 rings (SSSR count). The zero-order chi connectivity index (χ0) is 11.9. The first-order valence-corrected chi connectivity index (χ1v) is 7.80. The van der Waals surface area contributed by atoms with Crippen molar-refractivity contribution in [3.63, 3.8) is 0 Å². The highest BCUT2D eigenvalue weighted by Gasteiger charge is 2.26. The van der Waals surface area contributed by atoms with Gasteiger partial charge in [0, 0.05) is 19.7 Å². The van der Waals surface area contributed by atoms with E-state index >= 15 is 0 Å². The lowest BCUT2D eigenvalue weighted by molar-refractivity contribution is 0.163. The van der Waals surface area contributed by atoms with Crippen molar-refractivity contribution in [2.24, 2.45) is 0 Å². The molecule has 0 fully saturated rings. The Bertz CT molecular complexity index is 252. The third kappa shape index (κ3) is 4.80. The molecule has 0 N–H and O–H groups in total. The molecule has 0 atom stereocenters. The maximum atomic E-state index is 11.8. The van der Waals surface area contributed by atoms with Crippen LogP contribution in [0, 0.1) is 0 Å². The van der Waals surface area contributed by atoms with Crippen LogP contribution in [0.25, 0.3) is 0 Å². The zero-order valence-electron chi connectivity index (χ0n) is 9.57. The fourth-order valence-corrected chi connectivity index (χ4v) is 3.51. The van der Waals surface area contributed by atoms with Crippen LogP contribution in [-0.2, 0) is 14.8 Å². The highest BCUT2D eigenvalue weighted by Crippen LogP contribution is 2.15. The van der Waals surface area contributed by atoms with Gasteiger partial charge in [0.2, 0.25) is 10.0 Å². The van der Waals surface area contributed by atoms with Crippen molar-refractivity contribution in [1.82, 2.24) is 4.31 Å². The lowest BCUT2D eigenvalue weighted by Gasteiger charge is -2.28. The van der Waals surface area contributed by atoms with Gasteiger partial charge < -0.3 is 4.74 Å². The largest absolute Gasteiger partial charge is 0.383 e. The van der Waals surface area contributed by atoms with Crippen LogP contribution in [0.4, 0.5) is 0 Å². The molecular weight excluding hydrogens is 282 g/mol. The van der Waals surface area contributed by atoms with Gasteiger partial charge in [-0.1, -0.05) is 29.8 Å². The summed E-state index contributed by atoms with van der Waals surface area (Å²) in [7, 11) is -1.61. The minimum absolute atomic E-state index is 0.0276. The number of hydrogen-bond acceptors (Lipinski definition) is 3. The molecule has 0 spiro atoms. The summed E-state index contributed by atoms with van der Waals surface area (Å²) in [6.07, 6.45) is 1.65. The Balaban J connectivity index is 4.71. The van der Waals surface area contributed by atoms with Gasteiger partial charge in [-0.25, -0.2) is 8.42 Å². The van der Waals surface area contributed by atoms with Gasteiger partial charge >= 0.3 is 0 Å². The summed E-state index contributed by atoms with van der Waals surface area (Å²) < 4.78 is 30.0. The van der Waals surface area contributed by atoms with E-state index in [2.05, 4.69) is 15.9 Å². The average Bonchev–Trinajstić information content (AvgIpc) is 2.24. The van der Waals surface area contributed by atoms with Crippen molar-refractivity contribution in [3.05, 3.63) is 0 Å². The van der Waals surface area contributed by atoms with E-state index in [1.807, 2.05) is 13.8 Å². The van der Waals surface area contributed by atoms with Crippen LogP contribution in [0.1, 0.15) is 26.7 Å². The molecule has 0 radical (unpaired) electrons. The normalized spacial score (nSPS) is 12.7. The number of sulfonamides is 1. The van der Waals surface area contributed by atoms with Crippen molar-refractivity contribution in [2.75, 3.05) is 24.9 Å². The summed E-state index contributed by atoms with van der Waals surface area (Å²) in [4.78, 5) is 0. The summed E-state index contributed by atoms with van der Waals surface area (Å²) in [6, 6.07) is 0.0719. The van der Waals surface area contributed by atoms with Crippen LogP contribution in [0.5, 0.6) is 0 Å². The molecule has 0 amide bonds. The van der Waals surface area contributed by atoms with Crippen molar-refractivity contribution in [2.45, 2.75) is 32.7 Å². The second-order valence-electron chi connectivity index (χ2n) is 3.29. The van der Waals surface area contributed by atoms with Crippen LogP contribution in [0.2, 0.25) is 0 Å². The Labute approximate surface area is 101 Å². The molecule has 0 aromatic heterocycles. The third-order valence-corrected chi connectivity index (χ3v) is 5.57. The lowest BCUT2D eigenvalue weighted by atomic mass is 10.2. The number of alkyl halides is 1. The zero-order valence-corrected chi connectivity index (χ0v) is 12.0. The van der Waals surface area contributed by atoms with Gasteiger partial charge in [-0.3, -0.25) is 0 Å². The van der Waals surface area contributed by atoms with E-state index in [4.69, 9.17) is 4.74 Å². The summed E-state index contributed by atoms with van der Waals surface area (Å²) in [6.45, 7) is 4.86. The van der Waals surface area contributed by atoms with Gasteiger partial charge in [-0.15, -0.1) is 0 Å². The Morgan fingerprint density at radius 3 is 2.20 bits per heavy atom. The topological polar surface area (TPSA) is 46.6 Å². The summed E-state index contributed by atoms with van der Waals surface area (Å²) in [5.41, 5.74) is 0. The van der Waals surface area contributed by atoms with E-state index in [-0.39, 0.29) is 10.7 Å². The fraction of sp³-hybridized carbons (Fsp3) is 1.00. The summed E-state index contributed by atoms with van der Waals surface area (Å²) in [5, 5.41) is 0. The van der Waals surface area contributed by atoms with Gasteiger partial charge in [0.15, 0.2) is 0 Å². The third-order valence-electron chi connectivity index (χ3n) is 2.36. The van der Waals surface area contributed by atoms with Crippen LogP contribution < -0.4 is 0 Å². The van der Waals surface area contributed by atoms with Crippen LogP contribution in [0.3, 0.4) is 0 Å². The standard InChI is InChI=1S/C9H20BrNO3S/c1-4-9(5-2)11(6-7-14-3)15(12,13)8-10/h9H,4-8H2,1-3H3. The molecule has 0 aliphatic heterocycles. The smallest absolute Gasteiger partial charge is 0.224 e. The lowest BCUT2D eigenvalue weighted by Crippen LogP contribution is -2.42.